The van der Waals surface area contributed by atoms with Crippen LogP contribution in [0.3, 0.4) is 0 Å². The highest BCUT2D eigenvalue weighted by Crippen LogP contribution is 2.30. The molecule has 0 radical (unpaired) electrons. The lowest BCUT2D eigenvalue weighted by Crippen LogP contribution is -2.31. The molecule has 0 amide bonds. The monoisotopic (exact) mass is 339 g/mol. The summed E-state index contributed by atoms with van der Waals surface area (Å²) in [4.78, 5) is 10.7. The van der Waals surface area contributed by atoms with Gasteiger partial charge in [0, 0.05) is 0 Å². The Morgan fingerprint density at radius 3 is 2.59 bits per heavy atom. The summed E-state index contributed by atoms with van der Waals surface area (Å²) in [5, 5.41) is 0. The van der Waals surface area contributed by atoms with E-state index in [1.165, 1.54) is 0 Å². The van der Waals surface area contributed by atoms with E-state index in [1.807, 2.05) is 11.6 Å². The molecule has 1 aromatic rings. The second kappa shape index (κ2) is 7.59. The number of alkyl halides is 3. The van der Waals surface area contributed by atoms with Gasteiger partial charge in [0.25, 0.3) is 0 Å². The van der Waals surface area contributed by atoms with Gasteiger partial charge in [0.2, 0.25) is 10.0 Å². The minimum atomic E-state index is -4.65. The number of carbonyl (C=O) groups excluding carboxylic acids is 1. The quantitative estimate of drug-likeness (QED) is 0.611. The van der Waals surface area contributed by atoms with Crippen LogP contribution in [0.25, 0.3) is 0 Å². The fourth-order valence-electron chi connectivity index (χ4n) is 1.46. The van der Waals surface area contributed by atoms with Crippen LogP contribution in [0, 0.1) is 0 Å². The Bertz CT molecular complexity index is 614. The molecule has 5 nitrogen and oxygen atoms in total. The number of sulfonamides is 1. The van der Waals surface area contributed by atoms with Crippen molar-refractivity contribution >= 4 is 16.0 Å². The van der Waals surface area contributed by atoms with Gasteiger partial charge in [-0.25, -0.2) is 8.42 Å². The summed E-state index contributed by atoms with van der Waals surface area (Å²) < 4.78 is 68.0. The molecule has 1 N–H and O–H groups in total. The maximum Gasteiger partial charge on any atom is 0.416 e. The van der Waals surface area contributed by atoms with E-state index in [4.69, 9.17) is 4.74 Å². The third kappa shape index (κ3) is 5.64. The van der Waals surface area contributed by atoms with Gasteiger partial charge in [-0.1, -0.05) is 19.4 Å². The molecule has 0 unspecified atom stereocenters. The van der Waals surface area contributed by atoms with E-state index in [9.17, 15) is 26.4 Å². The molecular weight excluding hydrogens is 323 g/mol. The van der Waals surface area contributed by atoms with Crippen molar-refractivity contribution in [2.45, 2.75) is 30.8 Å². The Morgan fingerprint density at radius 1 is 1.32 bits per heavy atom. The molecule has 0 aliphatic heterocycles. The van der Waals surface area contributed by atoms with Gasteiger partial charge < -0.3 is 4.74 Å². The van der Waals surface area contributed by atoms with Crippen LogP contribution >= 0.6 is 0 Å². The van der Waals surface area contributed by atoms with Crippen molar-refractivity contribution in [2.75, 3.05) is 13.2 Å². The van der Waals surface area contributed by atoms with Gasteiger partial charge in [0.05, 0.1) is 17.1 Å². The Hall–Kier alpha value is -1.61. The van der Waals surface area contributed by atoms with E-state index in [0.717, 1.165) is 24.6 Å². The highest BCUT2D eigenvalue weighted by Gasteiger charge is 2.31. The Morgan fingerprint density at radius 2 is 2.00 bits per heavy atom. The third-order valence-electron chi connectivity index (χ3n) is 2.64. The first-order valence-electron chi connectivity index (χ1n) is 6.49. The van der Waals surface area contributed by atoms with Crippen molar-refractivity contribution in [1.82, 2.24) is 4.72 Å². The molecule has 0 aliphatic carbocycles. The van der Waals surface area contributed by atoms with Crippen molar-refractivity contribution in [3.8, 4) is 0 Å². The lowest BCUT2D eigenvalue weighted by Gasteiger charge is -2.10. The van der Waals surface area contributed by atoms with Gasteiger partial charge in [-0.3, -0.25) is 4.79 Å². The Labute approximate surface area is 126 Å². The molecule has 0 saturated heterocycles. The van der Waals surface area contributed by atoms with Crippen LogP contribution in [0.15, 0.2) is 29.2 Å². The summed E-state index contributed by atoms with van der Waals surface area (Å²) in [7, 11) is -4.22. The minimum absolute atomic E-state index is 0.167. The highest BCUT2D eigenvalue weighted by atomic mass is 32.2. The van der Waals surface area contributed by atoms with Crippen LogP contribution in [-0.4, -0.2) is 27.5 Å². The maximum absolute atomic E-state index is 12.6. The SMILES string of the molecule is CCCCOC(=O)CNS(=O)(=O)c1cccc(C(F)(F)F)c1. The molecule has 0 fully saturated rings. The maximum atomic E-state index is 12.6. The molecule has 0 spiro atoms. The fraction of sp³-hybridized carbons (Fsp3) is 0.462. The largest absolute Gasteiger partial charge is 0.465 e. The molecule has 0 saturated carbocycles. The van der Waals surface area contributed by atoms with Crippen molar-refractivity contribution in [2.24, 2.45) is 0 Å². The lowest BCUT2D eigenvalue weighted by molar-refractivity contribution is -0.142. The predicted molar refractivity (Wildman–Crippen MR) is 72.5 cm³/mol. The van der Waals surface area contributed by atoms with Gasteiger partial charge in [0.1, 0.15) is 6.54 Å². The summed E-state index contributed by atoms with van der Waals surface area (Å²) in [5.74, 6) is -0.788. The molecule has 0 heterocycles. The van der Waals surface area contributed by atoms with Crippen LogP contribution in [-0.2, 0) is 25.7 Å². The van der Waals surface area contributed by atoms with Gasteiger partial charge in [-0.2, -0.15) is 17.9 Å². The average Bonchev–Trinajstić information content (AvgIpc) is 2.45. The molecule has 0 aliphatic rings. The first-order valence-corrected chi connectivity index (χ1v) is 7.97. The Kier molecular flexibility index (Phi) is 6.36. The number of hydrogen-bond donors (Lipinski definition) is 1. The number of carbonyl (C=O) groups is 1. The smallest absolute Gasteiger partial charge is 0.416 e. The number of benzene rings is 1. The topological polar surface area (TPSA) is 72.5 Å². The number of halogens is 3. The number of unbranched alkanes of at least 4 members (excludes halogenated alkanes) is 1. The summed E-state index contributed by atoms with van der Waals surface area (Å²) >= 11 is 0. The number of rotatable bonds is 7. The van der Waals surface area contributed by atoms with Crippen molar-refractivity contribution in [1.29, 1.82) is 0 Å². The lowest BCUT2D eigenvalue weighted by atomic mass is 10.2. The van der Waals surface area contributed by atoms with E-state index in [2.05, 4.69) is 0 Å². The number of esters is 1. The zero-order valence-electron chi connectivity index (χ0n) is 11.8. The summed E-state index contributed by atoms with van der Waals surface area (Å²) in [6, 6.07) is 3.26. The minimum Gasteiger partial charge on any atom is -0.465 e. The van der Waals surface area contributed by atoms with Crippen molar-refractivity contribution in [3.63, 3.8) is 0 Å². The summed E-state index contributed by atoms with van der Waals surface area (Å²) in [6.07, 6.45) is -3.19. The molecule has 124 valence electrons. The van der Waals surface area contributed by atoms with E-state index in [-0.39, 0.29) is 6.61 Å². The van der Waals surface area contributed by atoms with E-state index < -0.39 is 39.2 Å². The Balaban J connectivity index is 2.73. The van der Waals surface area contributed by atoms with E-state index in [1.54, 1.807) is 0 Å². The predicted octanol–water partition coefficient (Wildman–Crippen LogP) is 2.33. The van der Waals surface area contributed by atoms with E-state index in [0.29, 0.717) is 12.5 Å². The normalized spacial score (nSPS) is 12.2. The highest BCUT2D eigenvalue weighted by molar-refractivity contribution is 7.89. The number of hydrogen-bond acceptors (Lipinski definition) is 4. The molecule has 0 bridgehead atoms. The van der Waals surface area contributed by atoms with E-state index >= 15 is 0 Å². The molecule has 0 aromatic heterocycles. The number of nitrogens with one attached hydrogen (secondary N) is 1. The molecule has 1 rings (SSSR count). The van der Waals surface area contributed by atoms with Crippen LogP contribution < -0.4 is 4.72 Å². The first kappa shape index (κ1) is 18.4. The second-order valence-electron chi connectivity index (χ2n) is 4.42. The van der Waals surface area contributed by atoms with Crippen LogP contribution in [0.1, 0.15) is 25.3 Å². The molecular formula is C13H16F3NO4S. The average molecular weight is 339 g/mol. The second-order valence-corrected chi connectivity index (χ2v) is 6.19. The van der Waals surface area contributed by atoms with Gasteiger partial charge in [0.15, 0.2) is 0 Å². The fourth-order valence-corrected chi connectivity index (χ4v) is 2.47. The molecule has 9 heteroatoms. The summed E-state index contributed by atoms with van der Waals surface area (Å²) in [5.41, 5.74) is -1.08. The molecule has 0 atom stereocenters. The van der Waals surface area contributed by atoms with Gasteiger partial charge >= 0.3 is 12.1 Å². The van der Waals surface area contributed by atoms with Crippen molar-refractivity contribution < 1.29 is 31.1 Å². The first-order chi connectivity index (χ1) is 10.2. The van der Waals surface area contributed by atoms with Gasteiger partial charge in [-0.15, -0.1) is 0 Å². The van der Waals surface area contributed by atoms with Crippen LogP contribution in [0.5, 0.6) is 0 Å². The zero-order chi connectivity index (χ0) is 16.8. The van der Waals surface area contributed by atoms with Gasteiger partial charge in [-0.05, 0) is 24.6 Å². The van der Waals surface area contributed by atoms with Crippen LogP contribution in [0.2, 0.25) is 0 Å². The number of ether oxygens (including phenoxy) is 1. The molecule has 22 heavy (non-hydrogen) atoms. The molecule has 1 aromatic carbocycles. The van der Waals surface area contributed by atoms with Crippen molar-refractivity contribution in [3.05, 3.63) is 29.8 Å². The third-order valence-corrected chi connectivity index (χ3v) is 4.04. The zero-order valence-corrected chi connectivity index (χ0v) is 12.6. The summed E-state index contributed by atoms with van der Waals surface area (Å²) in [6.45, 7) is 1.42. The van der Waals surface area contributed by atoms with Crippen LogP contribution in [0.4, 0.5) is 13.2 Å². The standard InChI is InChI=1S/C13H16F3NO4S/c1-2-3-7-21-12(18)9-17-22(19,20)11-6-4-5-10(8-11)13(14,15)16/h4-6,8,17H,2-3,7,9H2,1H3.